The van der Waals surface area contributed by atoms with Gasteiger partial charge in [-0.1, -0.05) is 13.0 Å². The van der Waals surface area contributed by atoms with Crippen molar-refractivity contribution < 1.29 is 14.7 Å². The summed E-state index contributed by atoms with van der Waals surface area (Å²) >= 11 is 2.17. The van der Waals surface area contributed by atoms with Gasteiger partial charge in [0.1, 0.15) is 0 Å². The number of amides is 1. The summed E-state index contributed by atoms with van der Waals surface area (Å²) in [4.78, 5) is 24.5. The lowest BCUT2D eigenvalue weighted by atomic mass is 10.2. The quantitative estimate of drug-likeness (QED) is 0.702. The SMILES string of the molecule is CCC(C)N(CC(=O)O)CC(=O)Nc1cccc(I)c1. The molecule has 0 saturated heterocycles. The molecule has 0 aliphatic rings. The van der Waals surface area contributed by atoms with Gasteiger partial charge in [0.05, 0.1) is 13.1 Å². The van der Waals surface area contributed by atoms with Crippen molar-refractivity contribution in [2.24, 2.45) is 0 Å². The van der Waals surface area contributed by atoms with Gasteiger partial charge in [0.2, 0.25) is 5.91 Å². The van der Waals surface area contributed by atoms with Crippen LogP contribution in [0, 0.1) is 3.57 Å². The van der Waals surface area contributed by atoms with E-state index in [2.05, 4.69) is 27.9 Å². The summed E-state index contributed by atoms with van der Waals surface area (Å²) in [5.41, 5.74) is 0.723. The van der Waals surface area contributed by atoms with Gasteiger partial charge < -0.3 is 10.4 Å². The van der Waals surface area contributed by atoms with E-state index in [9.17, 15) is 9.59 Å². The van der Waals surface area contributed by atoms with Crippen molar-refractivity contribution in [2.45, 2.75) is 26.3 Å². The highest BCUT2D eigenvalue weighted by atomic mass is 127. The summed E-state index contributed by atoms with van der Waals surface area (Å²) in [5.74, 6) is -1.12. The molecule has 1 aromatic carbocycles. The van der Waals surface area contributed by atoms with E-state index in [-0.39, 0.29) is 25.0 Å². The number of carbonyl (C=O) groups excluding carboxylic acids is 1. The number of aliphatic carboxylic acids is 1. The Kier molecular flexibility index (Phi) is 6.94. The molecule has 5 nitrogen and oxygen atoms in total. The van der Waals surface area contributed by atoms with Crippen molar-refractivity contribution in [2.75, 3.05) is 18.4 Å². The Labute approximate surface area is 132 Å². The highest BCUT2D eigenvalue weighted by Gasteiger charge is 2.18. The zero-order chi connectivity index (χ0) is 15.1. The molecule has 1 aromatic rings. The van der Waals surface area contributed by atoms with E-state index >= 15 is 0 Å². The van der Waals surface area contributed by atoms with Gasteiger partial charge in [0.15, 0.2) is 0 Å². The third-order valence-corrected chi connectivity index (χ3v) is 3.68. The van der Waals surface area contributed by atoms with E-state index in [1.165, 1.54) is 0 Å². The molecule has 0 fully saturated rings. The van der Waals surface area contributed by atoms with Crippen LogP contribution in [-0.4, -0.2) is 41.0 Å². The molecule has 110 valence electrons. The lowest BCUT2D eigenvalue weighted by molar-refractivity contribution is -0.139. The summed E-state index contributed by atoms with van der Waals surface area (Å²) in [5, 5.41) is 11.7. The van der Waals surface area contributed by atoms with Crippen LogP contribution in [0.2, 0.25) is 0 Å². The first kappa shape index (κ1) is 16.9. The number of halogens is 1. The van der Waals surface area contributed by atoms with Crippen LogP contribution >= 0.6 is 22.6 Å². The van der Waals surface area contributed by atoms with Gasteiger partial charge >= 0.3 is 5.97 Å². The van der Waals surface area contributed by atoms with Crippen LogP contribution in [0.1, 0.15) is 20.3 Å². The molecule has 0 saturated carbocycles. The third kappa shape index (κ3) is 5.87. The van der Waals surface area contributed by atoms with E-state index in [4.69, 9.17) is 5.11 Å². The van der Waals surface area contributed by atoms with E-state index in [0.717, 1.165) is 15.7 Å². The van der Waals surface area contributed by atoms with E-state index in [0.29, 0.717) is 0 Å². The second-order valence-electron chi connectivity index (χ2n) is 4.61. The Morgan fingerprint density at radius 3 is 2.65 bits per heavy atom. The van der Waals surface area contributed by atoms with Crippen molar-refractivity contribution >= 4 is 40.2 Å². The van der Waals surface area contributed by atoms with Crippen molar-refractivity contribution in [3.05, 3.63) is 27.8 Å². The predicted molar refractivity (Wildman–Crippen MR) is 86.8 cm³/mol. The largest absolute Gasteiger partial charge is 0.480 e. The molecule has 0 aliphatic carbocycles. The molecule has 0 aromatic heterocycles. The monoisotopic (exact) mass is 390 g/mol. The van der Waals surface area contributed by atoms with Crippen molar-refractivity contribution in [1.29, 1.82) is 0 Å². The molecule has 0 heterocycles. The molecule has 2 N–H and O–H groups in total. The summed E-state index contributed by atoms with van der Waals surface area (Å²) < 4.78 is 1.03. The Balaban J connectivity index is 2.63. The molecule has 0 radical (unpaired) electrons. The number of hydrogen-bond acceptors (Lipinski definition) is 3. The normalized spacial score (nSPS) is 12.2. The maximum atomic E-state index is 12.0. The minimum Gasteiger partial charge on any atom is -0.480 e. The van der Waals surface area contributed by atoms with Gasteiger partial charge in [-0.05, 0) is 54.1 Å². The van der Waals surface area contributed by atoms with E-state index in [1.807, 2.05) is 38.1 Å². The van der Waals surface area contributed by atoms with Crippen LogP contribution < -0.4 is 5.32 Å². The van der Waals surface area contributed by atoms with Crippen LogP contribution in [0.3, 0.4) is 0 Å². The van der Waals surface area contributed by atoms with Gasteiger partial charge in [-0.2, -0.15) is 0 Å². The van der Waals surface area contributed by atoms with Crippen LogP contribution in [0.5, 0.6) is 0 Å². The molecule has 1 amide bonds. The number of carboxylic acids is 1. The van der Waals surface area contributed by atoms with E-state index < -0.39 is 5.97 Å². The Bertz CT molecular complexity index is 479. The van der Waals surface area contributed by atoms with Gasteiger partial charge in [-0.15, -0.1) is 0 Å². The van der Waals surface area contributed by atoms with Crippen LogP contribution in [0.25, 0.3) is 0 Å². The zero-order valence-electron chi connectivity index (χ0n) is 11.6. The smallest absolute Gasteiger partial charge is 0.317 e. The Hall–Kier alpha value is -1.15. The van der Waals surface area contributed by atoms with E-state index in [1.54, 1.807) is 4.90 Å². The standard InChI is InChI=1S/C14H19IN2O3/c1-3-10(2)17(9-14(19)20)8-13(18)16-12-6-4-5-11(15)7-12/h4-7,10H,3,8-9H2,1-2H3,(H,16,18)(H,19,20). The van der Waals surface area contributed by atoms with Gasteiger partial charge in [-0.25, -0.2) is 0 Å². The Morgan fingerprint density at radius 1 is 1.40 bits per heavy atom. The van der Waals surface area contributed by atoms with Crippen LogP contribution in [0.15, 0.2) is 24.3 Å². The summed E-state index contributed by atoms with van der Waals surface area (Å²) in [6.45, 7) is 3.83. The molecule has 6 heteroatoms. The second-order valence-corrected chi connectivity index (χ2v) is 5.86. The van der Waals surface area contributed by atoms with Crippen molar-refractivity contribution in [3.63, 3.8) is 0 Å². The fourth-order valence-corrected chi connectivity index (χ4v) is 2.29. The van der Waals surface area contributed by atoms with Crippen molar-refractivity contribution in [3.8, 4) is 0 Å². The number of anilines is 1. The third-order valence-electron chi connectivity index (χ3n) is 3.01. The lowest BCUT2D eigenvalue weighted by Crippen LogP contribution is -2.42. The predicted octanol–water partition coefficient (Wildman–Crippen LogP) is 2.41. The fourth-order valence-electron chi connectivity index (χ4n) is 1.75. The minimum atomic E-state index is -0.924. The number of hydrogen-bond donors (Lipinski definition) is 2. The molecule has 0 bridgehead atoms. The summed E-state index contributed by atoms with van der Waals surface area (Å²) in [7, 11) is 0. The number of nitrogens with one attached hydrogen (secondary N) is 1. The topological polar surface area (TPSA) is 69.6 Å². The second kappa shape index (κ2) is 8.21. The summed E-state index contributed by atoms with van der Waals surface area (Å²) in [6.07, 6.45) is 0.795. The number of rotatable bonds is 7. The zero-order valence-corrected chi connectivity index (χ0v) is 13.8. The van der Waals surface area contributed by atoms with Crippen molar-refractivity contribution in [1.82, 2.24) is 4.90 Å². The van der Waals surface area contributed by atoms with Gasteiger partial charge in [0.25, 0.3) is 0 Å². The summed E-state index contributed by atoms with van der Waals surface area (Å²) in [6, 6.07) is 7.52. The number of carbonyl (C=O) groups is 2. The maximum absolute atomic E-state index is 12.0. The molecule has 20 heavy (non-hydrogen) atoms. The van der Waals surface area contributed by atoms with Crippen LogP contribution in [0.4, 0.5) is 5.69 Å². The number of benzene rings is 1. The first-order valence-electron chi connectivity index (χ1n) is 6.43. The first-order valence-corrected chi connectivity index (χ1v) is 7.51. The lowest BCUT2D eigenvalue weighted by Gasteiger charge is -2.25. The number of nitrogens with zero attached hydrogens (tertiary/aromatic N) is 1. The average Bonchev–Trinajstić information content (AvgIpc) is 2.36. The van der Waals surface area contributed by atoms with Gasteiger partial charge in [-0.3, -0.25) is 14.5 Å². The molecule has 0 aliphatic heterocycles. The molecule has 0 spiro atoms. The molecular weight excluding hydrogens is 371 g/mol. The highest BCUT2D eigenvalue weighted by molar-refractivity contribution is 14.1. The fraction of sp³-hybridized carbons (Fsp3) is 0.429. The highest BCUT2D eigenvalue weighted by Crippen LogP contribution is 2.12. The molecule has 1 atom stereocenters. The molecule has 1 rings (SSSR count). The van der Waals surface area contributed by atoms with Crippen LogP contribution in [-0.2, 0) is 9.59 Å². The minimum absolute atomic E-state index is 0.0489. The maximum Gasteiger partial charge on any atom is 0.317 e. The van der Waals surface area contributed by atoms with Gasteiger partial charge in [0, 0.05) is 15.3 Å². The molecule has 1 unspecified atom stereocenters. The Morgan fingerprint density at radius 2 is 2.10 bits per heavy atom. The molecular formula is C14H19IN2O3. The average molecular weight is 390 g/mol. The number of carboxylic acid groups (broad SMARTS) is 1. The first-order chi connectivity index (χ1) is 9.42.